The maximum Gasteiger partial charge on any atom is 0.0853 e. The van der Waals surface area contributed by atoms with Crippen molar-refractivity contribution in [3.05, 3.63) is 46.8 Å². The zero-order valence-corrected chi connectivity index (χ0v) is 11.7. The van der Waals surface area contributed by atoms with Crippen molar-refractivity contribution in [1.82, 2.24) is 9.78 Å². The standard InChI is InChI=1S/C16H21N3/c1-3-15-16(11-19(2)18-15)17-10-12-7-8-13-5-4-6-14(13)9-12/h7-9,11,17H,3-6,10H2,1-2H3. The number of nitrogens with one attached hydrogen (secondary N) is 1. The number of aromatic nitrogens is 2. The summed E-state index contributed by atoms with van der Waals surface area (Å²) in [6.45, 7) is 3.02. The fraction of sp³-hybridized carbons (Fsp3) is 0.438. The second-order valence-corrected chi connectivity index (χ2v) is 5.33. The molecule has 3 rings (SSSR count). The summed E-state index contributed by atoms with van der Waals surface area (Å²) in [6, 6.07) is 6.90. The Morgan fingerprint density at radius 2 is 2.11 bits per heavy atom. The molecule has 0 saturated carbocycles. The van der Waals surface area contributed by atoms with E-state index in [1.807, 2.05) is 11.7 Å². The van der Waals surface area contributed by atoms with Gasteiger partial charge in [-0.3, -0.25) is 4.68 Å². The molecule has 1 aliphatic carbocycles. The first kappa shape index (κ1) is 12.3. The fourth-order valence-corrected chi connectivity index (χ4v) is 2.88. The Bertz CT molecular complexity index is 584. The van der Waals surface area contributed by atoms with E-state index in [-0.39, 0.29) is 0 Å². The number of fused-ring (bicyclic) bond motifs is 1. The van der Waals surface area contributed by atoms with Gasteiger partial charge in [-0.1, -0.05) is 25.1 Å². The molecule has 1 aromatic heterocycles. The smallest absolute Gasteiger partial charge is 0.0853 e. The van der Waals surface area contributed by atoms with Crippen molar-refractivity contribution in [2.75, 3.05) is 5.32 Å². The molecule has 0 spiro atoms. The normalized spacial score (nSPS) is 13.6. The Kier molecular flexibility index (Phi) is 3.28. The lowest BCUT2D eigenvalue weighted by molar-refractivity contribution is 0.746. The highest BCUT2D eigenvalue weighted by molar-refractivity contribution is 5.47. The van der Waals surface area contributed by atoms with E-state index >= 15 is 0 Å². The average Bonchev–Trinajstić information content (AvgIpc) is 3.01. The van der Waals surface area contributed by atoms with Crippen molar-refractivity contribution in [2.45, 2.75) is 39.2 Å². The molecule has 1 N–H and O–H groups in total. The Hall–Kier alpha value is -1.77. The number of anilines is 1. The summed E-state index contributed by atoms with van der Waals surface area (Å²) in [6.07, 6.45) is 6.84. The summed E-state index contributed by atoms with van der Waals surface area (Å²) in [4.78, 5) is 0. The van der Waals surface area contributed by atoms with Crippen molar-refractivity contribution in [3.8, 4) is 0 Å². The highest BCUT2D eigenvalue weighted by Gasteiger charge is 2.11. The fourth-order valence-electron chi connectivity index (χ4n) is 2.88. The van der Waals surface area contributed by atoms with E-state index in [2.05, 4.69) is 41.7 Å². The second kappa shape index (κ2) is 5.08. The Morgan fingerprint density at radius 1 is 1.26 bits per heavy atom. The molecule has 0 fully saturated rings. The topological polar surface area (TPSA) is 29.9 Å². The molecule has 0 aliphatic heterocycles. The number of aryl methyl sites for hydroxylation is 4. The van der Waals surface area contributed by atoms with E-state index in [1.165, 1.54) is 24.8 Å². The summed E-state index contributed by atoms with van der Waals surface area (Å²) >= 11 is 0. The molecule has 3 heteroatoms. The van der Waals surface area contributed by atoms with Crippen molar-refractivity contribution in [1.29, 1.82) is 0 Å². The Morgan fingerprint density at radius 3 is 2.95 bits per heavy atom. The largest absolute Gasteiger partial charge is 0.378 e. The van der Waals surface area contributed by atoms with E-state index in [9.17, 15) is 0 Å². The zero-order chi connectivity index (χ0) is 13.2. The first-order valence-electron chi connectivity index (χ1n) is 7.13. The third kappa shape index (κ3) is 2.50. The summed E-state index contributed by atoms with van der Waals surface area (Å²) in [7, 11) is 1.97. The van der Waals surface area contributed by atoms with Gasteiger partial charge in [0, 0.05) is 19.8 Å². The number of hydrogen-bond donors (Lipinski definition) is 1. The summed E-state index contributed by atoms with van der Waals surface area (Å²) < 4.78 is 1.88. The van der Waals surface area contributed by atoms with Gasteiger partial charge >= 0.3 is 0 Å². The number of nitrogens with zero attached hydrogens (tertiary/aromatic N) is 2. The molecule has 0 amide bonds. The van der Waals surface area contributed by atoms with Gasteiger partial charge in [0.25, 0.3) is 0 Å². The lowest BCUT2D eigenvalue weighted by Crippen LogP contribution is -2.01. The van der Waals surface area contributed by atoms with Crippen LogP contribution in [-0.2, 0) is 32.9 Å². The molecule has 1 aliphatic rings. The van der Waals surface area contributed by atoms with Crippen molar-refractivity contribution >= 4 is 5.69 Å². The van der Waals surface area contributed by atoms with Crippen LogP contribution >= 0.6 is 0 Å². The highest BCUT2D eigenvalue weighted by Crippen LogP contribution is 2.23. The monoisotopic (exact) mass is 255 g/mol. The van der Waals surface area contributed by atoms with Crippen LogP contribution in [0.2, 0.25) is 0 Å². The number of rotatable bonds is 4. The van der Waals surface area contributed by atoms with E-state index in [0.717, 1.165) is 24.3 Å². The maximum absolute atomic E-state index is 4.45. The molecule has 0 atom stereocenters. The minimum atomic E-state index is 0.881. The summed E-state index contributed by atoms with van der Waals surface area (Å²) in [5.41, 5.74) is 6.75. The van der Waals surface area contributed by atoms with Crippen molar-refractivity contribution in [3.63, 3.8) is 0 Å². The van der Waals surface area contributed by atoms with Gasteiger partial charge in [0.2, 0.25) is 0 Å². The molecule has 19 heavy (non-hydrogen) atoms. The first-order chi connectivity index (χ1) is 9.26. The number of hydrogen-bond acceptors (Lipinski definition) is 2. The minimum absolute atomic E-state index is 0.881. The predicted molar refractivity (Wildman–Crippen MR) is 78.4 cm³/mol. The van der Waals surface area contributed by atoms with Crippen molar-refractivity contribution in [2.24, 2.45) is 7.05 Å². The van der Waals surface area contributed by atoms with E-state index in [0.29, 0.717) is 0 Å². The zero-order valence-electron chi connectivity index (χ0n) is 11.7. The van der Waals surface area contributed by atoms with Gasteiger partial charge in [0.1, 0.15) is 0 Å². The molecule has 3 nitrogen and oxygen atoms in total. The molecular formula is C16H21N3. The van der Waals surface area contributed by atoms with Gasteiger partial charge in [0.05, 0.1) is 11.4 Å². The molecule has 0 radical (unpaired) electrons. The van der Waals surface area contributed by atoms with Crippen LogP contribution in [0.3, 0.4) is 0 Å². The lowest BCUT2D eigenvalue weighted by atomic mass is 10.1. The van der Waals surface area contributed by atoms with Gasteiger partial charge in [-0.05, 0) is 42.4 Å². The third-order valence-electron chi connectivity index (χ3n) is 3.89. The second-order valence-electron chi connectivity index (χ2n) is 5.33. The van der Waals surface area contributed by atoms with Crippen LogP contribution in [-0.4, -0.2) is 9.78 Å². The first-order valence-corrected chi connectivity index (χ1v) is 7.13. The van der Waals surface area contributed by atoms with E-state index in [4.69, 9.17) is 0 Å². The van der Waals surface area contributed by atoms with Crippen LogP contribution in [0.4, 0.5) is 5.69 Å². The predicted octanol–water partition coefficient (Wildman–Crippen LogP) is 3.08. The molecule has 2 aromatic rings. The van der Waals surface area contributed by atoms with Gasteiger partial charge in [-0.25, -0.2) is 0 Å². The minimum Gasteiger partial charge on any atom is -0.378 e. The number of benzene rings is 1. The molecule has 100 valence electrons. The molecule has 0 unspecified atom stereocenters. The quantitative estimate of drug-likeness (QED) is 0.910. The third-order valence-corrected chi connectivity index (χ3v) is 3.89. The van der Waals surface area contributed by atoms with Crippen LogP contribution in [0.25, 0.3) is 0 Å². The van der Waals surface area contributed by atoms with Gasteiger partial charge in [-0.2, -0.15) is 5.10 Å². The molecule has 1 heterocycles. The summed E-state index contributed by atoms with van der Waals surface area (Å²) in [5.74, 6) is 0. The SMILES string of the molecule is CCc1nn(C)cc1NCc1ccc2c(c1)CCC2. The summed E-state index contributed by atoms with van der Waals surface area (Å²) in [5, 5.41) is 7.96. The Labute approximate surface area is 114 Å². The van der Waals surface area contributed by atoms with Gasteiger partial charge < -0.3 is 5.32 Å². The van der Waals surface area contributed by atoms with Crippen LogP contribution in [0.1, 0.15) is 35.7 Å². The molecule has 0 bridgehead atoms. The molecule has 1 aromatic carbocycles. The highest BCUT2D eigenvalue weighted by atomic mass is 15.3. The van der Waals surface area contributed by atoms with E-state index < -0.39 is 0 Å². The Balaban J connectivity index is 1.72. The molecular weight excluding hydrogens is 234 g/mol. The van der Waals surface area contributed by atoms with Gasteiger partial charge in [-0.15, -0.1) is 0 Å². The molecule has 0 saturated heterocycles. The van der Waals surface area contributed by atoms with Crippen LogP contribution in [0.5, 0.6) is 0 Å². The maximum atomic E-state index is 4.45. The average molecular weight is 255 g/mol. The van der Waals surface area contributed by atoms with Crippen LogP contribution in [0.15, 0.2) is 24.4 Å². The van der Waals surface area contributed by atoms with Crippen LogP contribution < -0.4 is 5.32 Å². The van der Waals surface area contributed by atoms with Crippen LogP contribution in [0, 0.1) is 0 Å². The van der Waals surface area contributed by atoms with Crippen molar-refractivity contribution < 1.29 is 0 Å². The lowest BCUT2D eigenvalue weighted by Gasteiger charge is -2.07. The van der Waals surface area contributed by atoms with E-state index in [1.54, 1.807) is 11.1 Å². The van der Waals surface area contributed by atoms with Gasteiger partial charge in [0.15, 0.2) is 0 Å².